The summed E-state index contributed by atoms with van der Waals surface area (Å²) >= 11 is 0. The molecule has 3 fully saturated rings. The number of hydrogen-bond donors (Lipinski definition) is 6. The van der Waals surface area contributed by atoms with Crippen molar-refractivity contribution in [2.45, 2.75) is 65.9 Å². The maximum absolute atomic E-state index is 14.1. The van der Waals surface area contributed by atoms with Crippen LogP contribution >= 0.6 is 0 Å². The minimum Gasteiger partial charge on any atom is -0.477 e. The van der Waals surface area contributed by atoms with Gasteiger partial charge in [0.25, 0.3) is 17.7 Å². The Morgan fingerprint density at radius 3 is 1.19 bits per heavy atom. The second kappa shape index (κ2) is 40.8. The minimum atomic E-state index is -4.56. The molecular weight excluding hydrogens is 1700 g/mol. The summed E-state index contributed by atoms with van der Waals surface area (Å²) in [6, 6.07) is 45.7. The summed E-state index contributed by atoms with van der Waals surface area (Å²) < 4.78 is 134. The SMILES string of the molecule is CCOc1nc(N)c(C#Cc2cc(C(=O)Nc3ccc(CN4CCN(C)CC4)c(C(F)(F)F)c3)ccc2C)c2ccccc12.Cc1ccc(C(=O)Nc2ccc(CN3CCN(C)CC3)c(C(F)(F)F)c2)cc1C#Cc1c(N)ncc2c(-c3ccn(C)n3)cccc12.Cc1ccc(C(=O)Nc2ccc(CN3CCN(C)CC3)c(C(F)(F)F)c2)cc1C#Cc1c(N)ncc2ncccc12. The van der Waals surface area contributed by atoms with E-state index in [0.29, 0.717) is 90.7 Å². The van der Waals surface area contributed by atoms with Gasteiger partial charge in [0.15, 0.2) is 0 Å². The molecular formula is C101H97F9N18O4. The molecule has 0 aliphatic carbocycles. The van der Waals surface area contributed by atoms with Gasteiger partial charge in [-0.2, -0.15) is 49.6 Å². The third-order valence-electron chi connectivity index (χ3n) is 23.3. The van der Waals surface area contributed by atoms with Gasteiger partial charge in [-0.1, -0.05) is 108 Å². The third-order valence-corrected chi connectivity index (χ3v) is 23.3. The molecule has 5 aromatic heterocycles. The Hall–Kier alpha value is -14.2. The van der Waals surface area contributed by atoms with Gasteiger partial charge in [-0.15, -0.1) is 0 Å². The van der Waals surface area contributed by atoms with E-state index in [9.17, 15) is 53.9 Å². The van der Waals surface area contributed by atoms with E-state index in [0.717, 1.165) is 112 Å². The molecule has 132 heavy (non-hydrogen) atoms. The van der Waals surface area contributed by atoms with Crippen molar-refractivity contribution < 1.29 is 58.6 Å². The number of alkyl halides is 9. The van der Waals surface area contributed by atoms with Crippen LogP contribution in [0.25, 0.3) is 43.7 Å². The fourth-order valence-corrected chi connectivity index (χ4v) is 15.6. The van der Waals surface area contributed by atoms with E-state index in [1.54, 1.807) is 83.9 Å². The quantitative estimate of drug-likeness (QED) is 0.0411. The summed E-state index contributed by atoms with van der Waals surface area (Å²) in [7, 11) is 7.84. The highest BCUT2D eigenvalue weighted by Crippen LogP contribution is 2.40. The number of carbonyl (C=O) groups is 3. The number of nitrogens with two attached hydrogens (primary N) is 3. The van der Waals surface area contributed by atoms with Crippen LogP contribution in [-0.4, -0.2) is 183 Å². The molecule has 0 radical (unpaired) electrons. The Balaban J connectivity index is 0.000000160. The predicted molar refractivity (Wildman–Crippen MR) is 498 cm³/mol. The lowest BCUT2D eigenvalue weighted by Crippen LogP contribution is -2.44. The molecule has 0 saturated carbocycles. The molecule has 0 spiro atoms. The molecule has 9 N–H and O–H groups in total. The van der Waals surface area contributed by atoms with Gasteiger partial charge in [-0.25, -0.2) is 9.97 Å². The summed E-state index contributed by atoms with van der Waals surface area (Å²) in [5.74, 6) is 18.2. The Bertz CT molecular complexity index is 6720. The van der Waals surface area contributed by atoms with Crippen LogP contribution < -0.4 is 37.9 Å². The summed E-state index contributed by atoms with van der Waals surface area (Å²) in [4.78, 5) is 69.2. The lowest BCUT2D eigenvalue weighted by atomic mass is 9.99. The van der Waals surface area contributed by atoms with E-state index in [-0.39, 0.29) is 87.5 Å². The number of anilines is 6. The Morgan fingerprint density at radius 1 is 0.409 bits per heavy atom. The molecule has 0 unspecified atom stereocenters. The minimum absolute atomic E-state index is 0.0657. The van der Waals surface area contributed by atoms with Crippen molar-refractivity contribution in [2.75, 3.05) is 139 Å². The summed E-state index contributed by atoms with van der Waals surface area (Å²) in [5, 5.41) is 16.4. The van der Waals surface area contributed by atoms with Crippen molar-refractivity contribution in [3.63, 3.8) is 0 Å². The number of ether oxygens (including phenoxy) is 1. The molecule has 8 aromatic carbocycles. The number of halogens is 9. The van der Waals surface area contributed by atoms with Gasteiger partial charge in [0.05, 0.1) is 57.4 Å². The molecule has 8 heterocycles. The second-order valence-electron chi connectivity index (χ2n) is 32.8. The van der Waals surface area contributed by atoms with Crippen LogP contribution in [0.2, 0.25) is 0 Å². The van der Waals surface area contributed by atoms with Crippen LogP contribution in [0.1, 0.15) is 121 Å². The van der Waals surface area contributed by atoms with Gasteiger partial charge >= 0.3 is 18.5 Å². The average molecular weight is 1800 g/mol. The van der Waals surface area contributed by atoms with E-state index >= 15 is 0 Å². The normalized spacial score (nSPS) is 14.3. The number of nitrogen functional groups attached to an aromatic ring is 3. The molecule has 31 heteroatoms. The van der Waals surface area contributed by atoms with Crippen molar-refractivity contribution in [2.24, 2.45) is 7.05 Å². The number of pyridine rings is 4. The maximum Gasteiger partial charge on any atom is 0.416 e. The van der Waals surface area contributed by atoms with E-state index in [2.05, 4.69) is 91.2 Å². The zero-order chi connectivity index (χ0) is 93.9. The molecule has 22 nitrogen and oxygen atoms in total. The van der Waals surface area contributed by atoms with Gasteiger partial charge in [0, 0.05) is 207 Å². The number of nitrogens with one attached hydrogen (secondary N) is 3. The first kappa shape index (κ1) is 93.9. The van der Waals surface area contributed by atoms with Gasteiger partial charge < -0.3 is 52.6 Å². The molecule has 3 aliphatic heterocycles. The molecule has 0 bridgehead atoms. The van der Waals surface area contributed by atoms with Crippen LogP contribution in [0.15, 0.2) is 195 Å². The number of aryl methyl sites for hydroxylation is 4. The van der Waals surface area contributed by atoms with Gasteiger partial charge in [-0.05, 0) is 179 Å². The second-order valence-corrected chi connectivity index (χ2v) is 32.8. The van der Waals surface area contributed by atoms with Gasteiger partial charge in [0.1, 0.15) is 17.5 Å². The van der Waals surface area contributed by atoms with Gasteiger partial charge in [0.2, 0.25) is 5.88 Å². The number of aromatic nitrogens is 6. The largest absolute Gasteiger partial charge is 0.477 e. The predicted octanol–water partition coefficient (Wildman–Crippen LogP) is 16.8. The van der Waals surface area contributed by atoms with Crippen LogP contribution in [0, 0.1) is 56.3 Å². The molecule has 13 aromatic rings. The average Bonchev–Trinajstić information content (AvgIpc) is 1.10. The monoisotopic (exact) mass is 1800 g/mol. The Morgan fingerprint density at radius 2 is 0.788 bits per heavy atom. The number of likely N-dealkylation sites (N-methyl/N-ethyl adjacent to an activating group) is 3. The first-order valence-electron chi connectivity index (χ1n) is 42.7. The van der Waals surface area contributed by atoms with Crippen LogP contribution in [0.4, 0.5) is 74.0 Å². The zero-order valence-corrected chi connectivity index (χ0v) is 73.9. The lowest BCUT2D eigenvalue weighted by Gasteiger charge is -2.33. The smallest absolute Gasteiger partial charge is 0.416 e. The molecule has 3 aliphatic rings. The number of piperazine rings is 3. The third kappa shape index (κ3) is 23.1. The molecule has 3 saturated heterocycles. The highest BCUT2D eigenvalue weighted by molar-refractivity contribution is 6.07. The molecule has 0 atom stereocenters. The number of fused-ring (bicyclic) bond motifs is 3. The number of benzene rings is 8. The van der Waals surface area contributed by atoms with Crippen molar-refractivity contribution in [3.8, 4) is 52.7 Å². The molecule has 678 valence electrons. The maximum atomic E-state index is 14.1. The standard InChI is InChI=1S/C36H34F3N7O.C34H34F3N5O2.C31H29F3N6O/c1-23-7-8-25(35(47)42-27-11-9-26(32(20-27)36(37,38)39)22-46-17-15-44(2)16-18-46)19-24(23)10-12-30-28-5-4-6-29(31(28)21-41-34(30)40)33-13-14-45(3)43-33;1-4-44-33-29-8-6-5-7-27(29)28(31(38)40-33)14-12-23-19-24(10-9-22(23)2)32(43)39-26-13-11-25(30(20-26)34(35,36)37)21-42-17-15-41(3)16-18-42;1-20-5-6-22(16-21(20)8-10-26-25-4-3-11-36-28(25)18-37-29(26)35)30(41)38-24-9-7-23(27(17-24)31(32,33)34)19-40-14-12-39(2)13-15-40/h4-9,11,13-14,19-21H,15-18,22H2,1-3H3,(H2,40,41)(H,42,47);5-11,13,19-20H,4,15-18,21H2,1-3H3,(H2,38,40)(H,39,43);3-7,9,11,16-18H,12-15,19H2,1-2H3,(H2,35,37)(H,38,41). The molecule has 16 rings (SSSR count). The van der Waals surface area contributed by atoms with E-state index in [1.807, 2.05) is 131 Å². The van der Waals surface area contributed by atoms with Crippen molar-refractivity contribution in [1.29, 1.82) is 0 Å². The van der Waals surface area contributed by atoms with Crippen molar-refractivity contribution >= 4 is 84.7 Å². The van der Waals surface area contributed by atoms with E-state index in [4.69, 9.17) is 21.9 Å². The van der Waals surface area contributed by atoms with Crippen LogP contribution in [0.3, 0.4) is 0 Å². The van der Waals surface area contributed by atoms with Crippen LogP contribution in [0.5, 0.6) is 5.88 Å². The highest BCUT2D eigenvalue weighted by atomic mass is 19.4. The number of rotatable bonds is 15. The first-order chi connectivity index (χ1) is 63.1. The van der Waals surface area contributed by atoms with Gasteiger partial charge in [-0.3, -0.25) is 38.7 Å². The van der Waals surface area contributed by atoms with Crippen molar-refractivity contribution in [1.82, 2.24) is 59.1 Å². The fraction of sp³-hybridized carbons (Fsp3) is 0.267. The lowest BCUT2D eigenvalue weighted by molar-refractivity contribution is -0.139. The van der Waals surface area contributed by atoms with Crippen molar-refractivity contribution in [3.05, 3.63) is 295 Å². The van der Waals surface area contributed by atoms with E-state index in [1.165, 1.54) is 36.4 Å². The molecule has 3 amide bonds. The number of hydrogen-bond acceptors (Lipinski definition) is 18. The van der Waals surface area contributed by atoms with E-state index < -0.39 is 52.9 Å². The highest BCUT2D eigenvalue weighted by Gasteiger charge is 2.38. The Labute approximate surface area is 758 Å². The Kier molecular flexibility index (Phi) is 29.0. The fourth-order valence-electron chi connectivity index (χ4n) is 15.6. The number of nitrogens with zero attached hydrogens (tertiary/aromatic N) is 12. The number of amides is 3. The van der Waals surface area contributed by atoms with Crippen LogP contribution in [-0.2, 0) is 45.2 Å². The summed E-state index contributed by atoms with van der Waals surface area (Å²) in [5.41, 5.74) is 26.1. The summed E-state index contributed by atoms with van der Waals surface area (Å²) in [6.07, 6.45) is -6.87. The zero-order valence-electron chi connectivity index (χ0n) is 73.9. The summed E-state index contributed by atoms with van der Waals surface area (Å²) in [6.45, 7) is 17.5. The first-order valence-corrected chi connectivity index (χ1v) is 42.7. The number of carbonyl (C=O) groups excluding carboxylic acids is 3. The topological polar surface area (TPSA) is 263 Å².